The third-order valence-corrected chi connectivity index (χ3v) is 6.07. The minimum Gasteiger partial charge on any atom is -0.438 e. The van der Waals surface area contributed by atoms with Crippen LogP contribution in [0, 0.1) is 5.82 Å². The number of rotatable bonds is 6. The Morgan fingerprint density at radius 1 is 1.15 bits per heavy atom. The quantitative estimate of drug-likeness (QED) is 0.549. The highest BCUT2D eigenvalue weighted by Gasteiger charge is 2.26. The maximum Gasteiger partial charge on any atom is 0.257 e. The maximum absolute atomic E-state index is 13.9. The standard InChI is InChI=1S/C24H23FN4O3S/c1-33-20-6-2-5-19(13-20)32-23-21(12-17(25)15-27-23)22(30)28-18-7-10-29(11-8-18)24(31)16-4-3-9-26-14-16/h2-6,9,12-15,18H,7-8,10-11H2,1H3,(H,28,30). The highest BCUT2D eigenvalue weighted by Crippen LogP contribution is 2.27. The number of hydrogen-bond acceptors (Lipinski definition) is 6. The minimum atomic E-state index is -0.623. The normalized spacial score (nSPS) is 14.1. The molecular weight excluding hydrogens is 443 g/mol. The zero-order valence-electron chi connectivity index (χ0n) is 18.0. The number of hydrogen-bond donors (Lipinski definition) is 1. The number of carbonyl (C=O) groups excluding carboxylic acids is 2. The summed E-state index contributed by atoms with van der Waals surface area (Å²) in [5, 5.41) is 2.93. The van der Waals surface area contributed by atoms with Crippen LogP contribution in [0.2, 0.25) is 0 Å². The van der Waals surface area contributed by atoms with Gasteiger partial charge in [0.1, 0.15) is 17.1 Å². The molecule has 2 amide bonds. The Bertz CT molecular complexity index is 1140. The number of benzene rings is 1. The summed E-state index contributed by atoms with van der Waals surface area (Å²) in [6.07, 6.45) is 7.32. The van der Waals surface area contributed by atoms with Crippen LogP contribution in [0.3, 0.4) is 0 Å². The van der Waals surface area contributed by atoms with E-state index in [1.165, 1.54) is 0 Å². The fraction of sp³-hybridized carbons (Fsp3) is 0.250. The van der Waals surface area contributed by atoms with Gasteiger partial charge < -0.3 is 15.0 Å². The summed E-state index contributed by atoms with van der Waals surface area (Å²) in [6.45, 7) is 1.01. The molecule has 1 fully saturated rings. The van der Waals surface area contributed by atoms with Crippen LogP contribution in [0.4, 0.5) is 4.39 Å². The minimum absolute atomic E-state index is 0.0263. The van der Waals surface area contributed by atoms with Gasteiger partial charge in [0.05, 0.1) is 11.8 Å². The molecule has 3 aromatic rings. The van der Waals surface area contributed by atoms with Crippen molar-refractivity contribution in [1.82, 2.24) is 20.2 Å². The topological polar surface area (TPSA) is 84.4 Å². The molecule has 2 aromatic heterocycles. The number of amides is 2. The number of thioether (sulfide) groups is 1. The Morgan fingerprint density at radius 2 is 1.97 bits per heavy atom. The Morgan fingerprint density at radius 3 is 2.70 bits per heavy atom. The molecule has 4 rings (SSSR count). The van der Waals surface area contributed by atoms with Gasteiger partial charge >= 0.3 is 0 Å². The van der Waals surface area contributed by atoms with Crippen molar-refractivity contribution < 1.29 is 18.7 Å². The largest absolute Gasteiger partial charge is 0.438 e. The van der Waals surface area contributed by atoms with Crippen molar-refractivity contribution in [2.24, 2.45) is 0 Å². The van der Waals surface area contributed by atoms with Crippen LogP contribution >= 0.6 is 11.8 Å². The van der Waals surface area contributed by atoms with Crippen LogP contribution < -0.4 is 10.1 Å². The first-order chi connectivity index (χ1) is 16.0. The van der Waals surface area contributed by atoms with Gasteiger partial charge in [0, 0.05) is 36.4 Å². The van der Waals surface area contributed by atoms with Gasteiger partial charge in [-0.3, -0.25) is 14.6 Å². The van der Waals surface area contributed by atoms with Crippen LogP contribution in [-0.4, -0.2) is 52.1 Å². The molecule has 1 saturated heterocycles. The van der Waals surface area contributed by atoms with Gasteiger partial charge in [0.15, 0.2) is 0 Å². The first-order valence-electron chi connectivity index (χ1n) is 10.5. The number of halogens is 1. The number of aromatic nitrogens is 2. The smallest absolute Gasteiger partial charge is 0.257 e. The zero-order valence-corrected chi connectivity index (χ0v) is 18.8. The molecule has 1 aliphatic rings. The van der Waals surface area contributed by atoms with Crippen LogP contribution in [-0.2, 0) is 0 Å². The third-order valence-electron chi connectivity index (χ3n) is 5.34. The molecule has 0 spiro atoms. The average Bonchev–Trinajstić information content (AvgIpc) is 2.85. The second kappa shape index (κ2) is 10.4. The second-order valence-electron chi connectivity index (χ2n) is 7.57. The lowest BCUT2D eigenvalue weighted by molar-refractivity contribution is 0.0697. The lowest BCUT2D eigenvalue weighted by Gasteiger charge is -2.32. The molecule has 170 valence electrons. The SMILES string of the molecule is CSc1cccc(Oc2ncc(F)cc2C(=O)NC2CCN(C(=O)c3cccnc3)CC2)c1. The molecule has 0 bridgehead atoms. The number of nitrogens with one attached hydrogen (secondary N) is 1. The van der Waals surface area contributed by atoms with E-state index in [0.29, 0.717) is 37.2 Å². The molecule has 0 atom stereocenters. The molecule has 3 heterocycles. The number of pyridine rings is 2. The van der Waals surface area contributed by atoms with Gasteiger partial charge in [0.25, 0.3) is 11.8 Å². The van der Waals surface area contributed by atoms with Crippen molar-refractivity contribution in [3.8, 4) is 11.6 Å². The van der Waals surface area contributed by atoms with E-state index in [4.69, 9.17) is 4.74 Å². The Hall–Kier alpha value is -3.46. The van der Waals surface area contributed by atoms with E-state index in [1.54, 1.807) is 47.3 Å². The first kappa shape index (κ1) is 22.7. The molecule has 0 aliphatic carbocycles. The molecule has 9 heteroatoms. The van der Waals surface area contributed by atoms with Crippen molar-refractivity contribution in [2.45, 2.75) is 23.8 Å². The molecule has 0 saturated carbocycles. The molecule has 1 aliphatic heterocycles. The zero-order chi connectivity index (χ0) is 23.2. The summed E-state index contributed by atoms with van der Waals surface area (Å²) in [4.78, 5) is 36.2. The van der Waals surface area contributed by atoms with E-state index in [-0.39, 0.29) is 23.4 Å². The van der Waals surface area contributed by atoms with Crippen LogP contribution in [0.5, 0.6) is 11.6 Å². The van der Waals surface area contributed by atoms with Gasteiger partial charge in [-0.2, -0.15) is 0 Å². The van der Waals surface area contributed by atoms with E-state index in [2.05, 4.69) is 15.3 Å². The van der Waals surface area contributed by atoms with Crippen molar-refractivity contribution in [3.63, 3.8) is 0 Å². The molecule has 33 heavy (non-hydrogen) atoms. The molecule has 0 unspecified atom stereocenters. The number of ether oxygens (including phenoxy) is 1. The molecule has 1 N–H and O–H groups in total. The van der Waals surface area contributed by atoms with Crippen LogP contribution in [0.25, 0.3) is 0 Å². The van der Waals surface area contributed by atoms with Crippen LogP contribution in [0.15, 0.2) is 66.0 Å². The molecule has 0 radical (unpaired) electrons. The highest BCUT2D eigenvalue weighted by molar-refractivity contribution is 7.98. The van der Waals surface area contributed by atoms with E-state index in [9.17, 15) is 14.0 Å². The number of carbonyl (C=O) groups is 2. The molecule has 7 nitrogen and oxygen atoms in total. The molecule has 1 aromatic carbocycles. The maximum atomic E-state index is 13.9. The Labute approximate surface area is 195 Å². The van der Waals surface area contributed by atoms with E-state index < -0.39 is 11.7 Å². The highest BCUT2D eigenvalue weighted by atomic mass is 32.2. The van der Waals surface area contributed by atoms with Crippen molar-refractivity contribution in [3.05, 3.63) is 78.0 Å². The van der Waals surface area contributed by atoms with E-state index in [1.807, 2.05) is 24.5 Å². The third kappa shape index (κ3) is 5.67. The monoisotopic (exact) mass is 466 g/mol. The summed E-state index contributed by atoms with van der Waals surface area (Å²) in [6, 6.07) is 11.8. The summed E-state index contributed by atoms with van der Waals surface area (Å²) >= 11 is 1.56. The summed E-state index contributed by atoms with van der Waals surface area (Å²) < 4.78 is 19.7. The predicted molar refractivity (Wildman–Crippen MR) is 123 cm³/mol. The van der Waals surface area contributed by atoms with Crippen molar-refractivity contribution >= 4 is 23.6 Å². The van der Waals surface area contributed by atoms with Crippen LogP contribution in [0.1, 0.15) is 33.6 Å². The summed E-state index contributed by atoms with van der Waals surface area (Å²) in [5.41, 5.74) is 0.566. The lowest BCUT2D eigenvalue weighted by atomic mass is 10.0. The Balaban J connectivity index is 1.40. The predicted octanol–water partition coefficient (Wildman–Crippen LogP) is 4.16. The van der Waals surface area contributed by atoms with Crippen molar-refractivity contribution in [1.29, 1.82) is 0 Å². The summed E-state index contributed by atoms with van der Waals surface area (Å²) in [7, 11) is 0. The summed E-state index contributed by atoms with van der Waals surface area (Å²) in [5.74, 6) is -0.615. The first-order valence-corrected chi connectivity index (χ1v) is 11.7. The molecular formula is C24H23FN4O3S. The van der Waals surface area contributed by atoms with E-state index >= 15 is 0 Å². The average molecular weight is 467 g/mol. The van der Waals surface area contributed by atoms with E-state index in [0.717, 1.165) is 17.2 Å². The van der Waals surface area contributed by atoms with Gasteiger partial charge in [-0.1, -0.05) is 6.07 Å². The fourth-order valence-electron chi connectivity index (χ4n) is 3.61. The number of piperidine rings is 1. The van der Waals surface area contributed by atoms with Gasteiger partial charge in [-0.25, -0.2) is 9.37 Å². The Kier molecular flexibility index (Phi) is 7.19. The number of nitrogens with zero attached hydrogens (tertiary/aromatic N) is 3. The van der Waals surface area contributed by atoms with Gasteiger partial charge in [0.2, 0.25) is 5.88 Å². The fourth-order valence-corrected chi connectivity index (χ4v) is 4.06. The lowest BCUT2D eigenvalue weighted by Crippen LogP contribution is -2.46. The number of likely N-dealkylation sites (tertiary alicyclic amines) is 1. The second-order valence-corrected chi connectivity index (χ2v) is 8.45. The van der Waals surface area contributed by atoms with Crippen molar-refractivity contribution in [2.75, 3.05) is 19.3 Å². The van der Waals surface area contributed by atoms with Gasteiger partial charge in [-0.15, -0.1) is 11.8 Å². The van der Waals surface area contributed by atoms with Gasteiger partial charge in [-0.05, 0) is 55.5 Å².